The molecule has 1 atom stereocenters. The number of carbonyl (C=O) groups excluding carboxylic acids is 3. The summed E-state index contributed by atoms with van der Waals surface area (Å²) in [6, 6.07) is 0. The van der Waals surface area contributed by atoms with Gasteiger partial charge in [0.25, 0.3) is 0 Å². The van der Waals surface area contributed by atoms with Crippen molar-refractivity contribution in [3.8, 4) is 0 Å². The highest BCUT2D eigenvalue weighted by Gasteiger charge is 2.31. The van der Waals surface area contributed by atoms with Crippen molar-refractivity contribution in [1.29, 1.82) is 0 Å². The summed E-state index contributed by atoms with van der Waals surface area (Å²) in [6.07, 6.45) is 0.0164. The fraction of sp³-hybridized carbons (Fsp3) is 0.714. The summed E-state index contributed by atoms with van der Waals surface area (Å²) >= 11 is 0. The Bertz CT molecular complexity index is 451. The average molecular weight is 299 g/mol. The standard InChI is InChI=1S/C14H21NO6/c1-14(2,3)21-12(18)8-9(13(19)20)4-5-10(16)15-7-6-11(15)17/h9H,4-8H2,1-3H3,(H,19,20)/t9-/m1/s1. The van der Waals surface area contributed by atoms with Crippen molar-refractivity contribution in [3.63, 3.8) is 0 Å². The van der Waals surface area contributed by atoms with Gasteiger partial charge in [-0.15, -0.1) is 0 Å². The number of carboxylic acid groups (broad SMARTS) is 1. The highest BCUT2D eigenvalue weighted by atomic mass is 16.6. The summed E-state index contributed by atoms with van der Waals surface area (Å²) in [5.41, 5.74) is -0.681. The van der Waals surface area contributed by atoms with Crippen LogP contribution in [0.1, 0.15) is 46.5 Å². The number of amides is 2. The number of β-lactam (4-membered cyclic amide) rings is 1. The number of likely N-dealkylation sites (tertiary alicyclic amines) is 1. The Kier molecular flexibility index (Phi) is 5.46. The van der Waals surface area contributed by atoms with Gasteiger partial charge in [-0.2, -0.15) is 0 Å². The van der Waals surface area contributed by atoms with Crippen LogP contribution in [0.5, 0.6) is 0 Å². The van der Waals surface area contributed by atoms with Gasteiger partial charge in [0.1, 0.15) is 5.60 Å². The molecular weight excluding hydrogens is 278 g/mol. The fourth-order valence-corrected chi connectivity index (χ4v) is 1.91. The van der Waals surface area contributed by atoms with Gasteiger partial charge in [0.15, 0.2) is 0 Å². The molecule has 0 radical (unpaired) electrons. The lowest BCUT2D eigenvalue weighted by Gasteiger charge is -2.28. The number of hydrogen-bond donors (Lipinski definition) is 1. The van der Waals surface area contributed by atoms with Crippen LogP contribution in [-0.2, 0) is 23.9 Å². The van der Waals surface area contributed by atoms with E-state index >= 15 is 0 Å². The van der Waals surface area contributed by atoms with Crippen LogP contribution in [0.15, 0.2) is 0 Å². The summed E-state index contributed by atoms with van der Waals surface area (Å²) in [4.78, 5) is 46.6. The van der Waals surface area contributed by atoms with E-state index in [2.05, 4.69) is 0 Å². The molecular formula is C14H21NO6. The molecule has 2 amide bonds. The van der Waals surface area contributed by atoms with Gasteiger partial charge in [-0.1, -0.05) is 0 Å². The van der Waals surface area contributed by atoms with Crippen LogP contribution in [0.2, 0.25) is 0 Å². The first-order valence-corrected chi connectivity index (χ1v) is 6.88. The molecule has 1 N–H and O–H groups in total. The predicted octanol–water partition coefficient (Wildman–Crippen LogP) is 0.958. The van der Waals surface area contributed by atoms with Crippen LogP contribution in [0.4, 0.5) is 0 Å². The van der Waals surface area contributed by atoms with Crippen molar-refractivity contribution in [2.45, 2.75) is 52.1 Å². The first kappa shape index (κ1) is 17.1. The summed E-state index contributed by atoms with van der Waals surface area (Å²) in [6.45, 7) is 5.47. The Labute approximate surface area is 123 Å². The third-order valence-electron chi connectivity index (χ3n) is 3.04. The minimum atomic E-state index is -1.15. The molecule has 7 nitrogen and oxygen atoms in total. The molecule has 7 heteroatoms. The second kappa shape index (κ2) is 6.69. The van der Waals surface area contributed by atoms with Crippen LogP contribution in [0.3, 0.4) is 0 Å². The molecule has 1 aliphatic heterocycles. The van der Waals surface area contributed by atoms with Crippen molar-refractivity contribution >= 4 is 23.8 Å². The molecule has 0 saturated carbocycles. The van der Waals surface area contributed by atoms with Gasteiger partial charge in [0, 0.05) is 19.4 Å². The molecule has 21 heavy (non-hydrogen) atoms. The van der Waals surface area contributed by atoms with E-state index in [4.69, 9.17) is 9.84 Å². The summed E-state index contributed by atoms with van der Waals surface area (Å²) in [5, 5.41) is 9.10. The van der Waals surface area contributed by atoms with Gasteiger partial charge in [0.2, 0.25) is 11.8 Å². The number of nitrogens with zero attached hydrogens (tertiary/aromatic N) is 1. The maximum Gasteiger partial charge on any atom is 0.307 e. The maximum atomic E-state index is 11.7. The SMILES string of the molecule is CC(C)(C)OC(=O)C[C@@H](CCC(=O)N1CCC1=O)C(=O)O. The summed E-state index contributed by atoms with van der Waals surface area (Å²) < 4.78 is 5.07. The quantitative estimate of drug-likeness (QED) is 0.579. The lowest BCUT2D eigenvalue weighted by molar-refractivity contribution is -0.160. The Morgan fingerprint density at radius 2 is 1.95 bits per heavy atom. The van der Waals surface area contributed by atoms with Crippen LogP contribution < -0.4 is 0 Å². The summed E-state index contributed by atoms with van der Waals surface area (Å²) in [5.74, 6) is -3.37. The third kappa shape index (κ3) is 5.53. The van der Waals surface area contributed by atoms with E-state index in [0.717, 1.165) is 4.90 Å². The first-order valence-electron chi connectivity index (χ1n) is 6.88. The van der Waals surface area contributed by atoms with Gasteiger partial charge in [-0.25, -0.2) is 0 Å². The molecule has 0 spiro atoms. The topological polar surface area (TPSA) is 101 Å². The molecule has 118 valence electrons. The number of hydrogen-bond acceptors (Lipinski definition) is 5. The highest BCUT2D eigenvalue weighted by molar-refractivity contribution is 5.99. The van der Waals surface area contributed by atoms with Crippen molar-refractivity contribution in [3.05, 3.63) is 0 Å². The Hall–Kier alpha value is -1.92. The Morgan fingerprint density at radius 3 is 2.33 bits per heavy atom. The molecule has 1 fully saturated rings. The summed E-state index contributed by atoms with van der Waals surface area (Å²) in [7, 11) is 0. The molecule has 1 rings (SSSR count). The molecule has 0 bridgehead atoms. The van der Waals surface area contributed by atoms with Gasteiger partial charge < -0.3 is 9.84 Å². The number of aliphatic carboxylic acids is 1. The van der Waals surface area contributed by atoms with Crippen molar-refractivity contribution in [1.82, 2.24) is 4.90 Å². The molecule has 1 saturated heterocycles. The molecule has 0 unspecified atom stereocenters. The van der Waals surface area contributed by atoms with E-state index in [1.165, 1.54) is 0 Å². The van der Waals surface area contributed by atoms with Gasteiger partial charge in [0.05, 0.1) is 12.3 Å². The van der Waals surface area contributed by atoms with Crippen LogP contribution in [0.25, 0.3) is 0 Å². The minimum absolute atomic E-state index is 0.0111. The van der Waals surface area contributed by atoms with E-state index in [0.29, 0.717) is 13.0 Å². The normalized spacial score (nSPS) is 16.1. The van der Waals surface area contributed by atoms with E-state index in [1.807, 2.05) is 0 Å². The fourth-order valence-electron chi connectivity index (χ4n) is 1.91. The number of ether oxygens (including phenoxy) is 1. The lowest BCUT2D eigenvalue weighted by atomic mass is 9.98. The second-order valence-corrected chi connectivity index (χ2v) is 6.05. The number of carbonyl (C=O) groups is 4. The smallest absolute Gasteiger partial charge is 0.307 e. The Morgan fingerprint density at radius 1 is 1.33 bits per heavy atom. The molecule has 0 aromatic rings. The van der Waals surface area contributed by atoms with E-state index in [1.54, 1.807) is 20.8 Å². The second-order valence-electron chi connectivity index (χ2n) is 6.05. The zero-order chi connectivity index (χ0) is 16.2. The van der Waals surface area contributed by atoms with E-state index < -0.39 is 23.5 Å². The van der Waals surface area contributed by atoms with Crippen LogP contribution in [-0.4, -0.2) is 45.9 Å². The molecule has 1 aliphatic rings. The monoisotopic (exact) mass is 299 g/mol. The predicted molar refractivity (Wildman–Crippen MR) is 72.2 cm³/mol. The number of carboxylic acids is 1. The molecule has 0 aliphatic carbocycles. The number of esters is 1. The number of imide groups is 1. The molecule has 0 aromatic carbocycles. The zero-order valence-electron chi connectivity index (χ0n) is 12.5. The van der Waals surface area contributed by atoms with Crippen molar-refractivity contribution < 1.29 is 29.0 Å². The lowest BCUT2D eigenvalue weighted by Crippen LogP contribution is -2.47. The van der Waals surface area contributed by atoms with E-state index in [-0.39, 0.29) is 31.1 Å². The van der Waals surface area contributed by atoms with Gasteiger partial charge in [-0.3, -0.25) is 24.1 Å². The van der Waals surface area contributed by atoms with Crippen molar-refractivity contribution in [2.24, 2.45) is 5.92 Å². The maximum absolute atomic E-state index is 11.7. The van der Waals surface area contributed by atoms with Crippen molar-refractivity contribution in [2.75, 3.05) is 6.54 Å². The minimum Gasteiger partial charge on any atom is -0.481 e. The van der Waals surface area contributed by atoms with Gasteiger partial charge >= 0.3 is 11.9 Å². The van der Waals surface area contributed by atoms with Crippen LogP contribution >= 0.6 is 0 Å². The molecule has 0 aromatic heterocycles. The third-order valence-corrected chi connectivity index (χ3v) is 3.04. The Balaban J connectivity index is 2.46. The van der Waals surface area contributed by atoms with Crippen LogP contribution in [0, 0.1) is 5.92 Å². The first-order chi connectivity index (χ1) is 9.60. The van der Waals surface area contributed by atoms with E-state index in [9.17, 15) is 19.2 Å². The number of rotatable bonds is 6. The van der Waals surface area contributed by atoms with Gasteiger partial charge in [-0.05, 0) is 27.2 Å². The molecule has 1 heterocycles. The highest BCUT2D eigenvalue weighted by Crippen LogP contribution is 2.18. The zero-order valence-corrected chi connectivity index (χ0v) is 12.5. The largest absolute Gasteiger partial charge is 0.481 e. The average Bonchev–Trinajstić information content (AvgIpc) is 2.29.